The highest BCUT2D eigenvalue weighted by molar-refractivity contribution is 5.85. The molecule has 188 valence electrons. The molecule has 0 saturated carbocycles. The lowest BCUT2D eigenvalue weighted by Crippen LogP contribution is -2.21. The Labute approximate surface area is 209 Å². The quantitative estimate of drug-likeness (QED) is 0.237. The molecule has 1 aliphatic rings. The Balaban J connectivity index is 0.000000524. The second kappa shape index (κ2) is 17.1. The van der Waals surface area contributed by atoms with Crippen molar-refractivity contribution in [2.24, 2.45) is 5.92 Å². The summed E-state index contributed by atoms with van der Waals surface area (Å²) < 4.78 is 0. The van der Waals surface area contributed by atoms with E-state index in [9.17, 15) is 9.90 Å². The Morgan fingerprint density at radius 2 is 1.79 bits per heavy atom. The number of allylic oxidation sites excluding steroid dienone is 4. The van der Waals surface area contributed by atoms with Gasteiger partial charge in [0.2, 0.25) is 0 Å². The van der Waals surface area contributed by atoms with Gasteiger partial charge in [-0.2, -0.15) is 0 Å². The number of benzene rings is 1. The van der Waals surface area contributed by atoms with Crippen molar-refractivity contribution in [1.82, 2.24) is 0 Å². The van der Waals surface area contributed by atoms with Crippen molar-refractivity contribution in [3.63, 3.8) is 0 Å². The molecule has 2 rings (SSSR count). The molecule has 2 unspecified atom stereocenters. The zero-order valence-electron chi connectivity index (χ0n) is 22.9. The minimum atomic E-state index is -0.408. The largest absolute Gasteiger partial charge is 0.390 e. The number of hydrogen-bond acceptors (Lipinski definition) is 2. The summed E-state index contributed by atoms with van der Waals surface area (Å²) in [4.78, 5) is 10.2. The van der Waals surface area contributed by atoms with Gasteiger partial charge in [-0.05, 0) is 82.4 Å². The average molecular weight is 465 g/mol. The first-order valence-electron chi connectivity index (χ1n) is 12.8. The normalized spacial score (nSPS) is 15.2. The van der Waals surface area contributed by atoms with Crippen LogP contribution in [0.4, 0.5) is 0 Å². The van der Waals surface area contributed by atoms with Gasteiger partial charge in [0.15, 0.2) is 0 Å². The first-order valence-corrected chi connectivity index (χ1v) is 12.8. The molecule has 0 amide bonds. The first-order chi connectivity index (χ1) is 16.1. The number of fused-ring (bicyclic) bond motifs is 1. The van der Waals surface area contributed by atoms with E-state index in [1.165, 1.54) is 33.4 Å². The van der Waals surface area contributed by atoms with Gasteiger partial charge in [-0.25, -0.2) is 0 Å². The van der Waals surface area contributed by atoms with Gasteiger partial charge in [0.1, 0.15) is 6.29 Å². The zero-order valence-corrected chi connectivity index (χ0v) is 22.9. The molecule has 34 heavy (non-hydrogen) atoms. The molecule has 0 radical (unpaired) electrons. The van der Waals surface area contributed by atoms with Crippen LogP contribution in [0.2, 0.25) is 0 Å². The van der Waals surface area contributed by atoms with E-state index in [4.69, 9.17) is 0 Å². The molecule has 0 spiro atoms. The van der Waals surface area contributed by atoms with Crippen LogP contribution in [0, 0.1) is 5.92 Å². The maximum Gasteiger partial charge on any atom is 0.122 e. The van der Waals surface area contributed by atoms with Gasteiger partial charge in [-0.15, -0.1) is 11.5 Å². The molecule has 0 aliphatic heterocycles. The Bertz CT molecular complexity index is 888. The number of carbonyl (C=O) groups excluding carboxylic acids is 1. The molecule has 0 heterocycles. The van der Waals surface area contributed by atoms with Gasteiger partial charge in [-0.1, -0.05) is 77.1 Å². The molecular formula is C32H48O2. The Hall–Kier alpha value is -2.37. The van der Waals surface area contributed by atoms with Crippen LogP contribution in [0.1, 0.15) is 110 Å². The summed E-state index contributed by atoms with van der Waals surface area (Å²) >= 11 is 0. The predicted octanol–water partition coefficient (Wildman–Crippen LogP) is 8.89. The van der Waals surface area contributed by atoms with Crippen LogP contribution in [-0.4, -0.2) is 17.0 Å². The molecule has 2 atom stereocenters. The van der Waals surface area contributed by atoms with E-state index in [2.05, 4.69) is 69.7 Å². The zero-order chi connectivity index (χ0) is 26.1. The van der Waals surface area contributed by atoms with E-state index in [1.807, 2.05) is 27.7 Å². The van der Waals surface area contributed by atoms with E-state index in [-0.39, 0.29) is 5.92 Å². The highest BCUT2D eigenvalue weighted by Crippen LogP contribution is 2.38. The molecule has 0 saturated heterocycles. The Kier molecular flexibility index (Phi) is 15.9. The molecule has 1 aromatic rings. The van der Waals surface area contributed by atoms with Crippen LogP contribution in [0.15, 0.2) is 54.5 Å². The Morgan fingerprint density at radius 3 is 2.24 bits per heavy atom. The van der Waals surface area contributed by atoms with Crippen molar-refractivity contribution >= 4 is 17.4 Å². The van der Waals surface area contributed by atoms with Crippen LogP contribution in [0.25, 0.3) is 11.1 Å². The van der Waals surface area contributed by atoms with E-state index in [1.54, 1.807) is 0 Å². The molecule has 0 bridgehead atoms. The molecule has 1 aromatic carbocycles. The average Bonchev–Trinajstić information content (AvgIpc) is 2.86. The predicted molar refractivity (Wildman–Crippen MR) is 150 cm³/mol. The van der Waals surface area contributed by atoms with E-state index >= 15 is 0 Å². The number of hydrogen-bond donors (Lipinski definition) is 1. The summed E-state index contributed by atoms with van der Waals surface area (Å²) in [6, 6.07) is 6.45. The van der Waals surface area contributed by atoms with Gasteiger partial charge < -0.3 is 9.90 Å². The van der Waals surface area contributed by atoms with Crippen LogP contribution in [0.5, 0.6) is 0 Å². The molecule has 1 N–H and O–H groups in total. The van der Waals surface area contributed by atoms with Crippen molar-refractivity contribution in [2.45, 2.75) is 105 Å². The molecule has 2 heteroatoms. The van der Waals surface area contributed by atoms with E-state index < -0.39 is 5.60 Å². The number of carbonyl (C=O) groups is 1. The van der Waals surface area contributed by atoms with Crippen LogP contribution in [0.3, 0.4) is 0 Å². The highest BCUT2D eigenvalue weighted by Gasteiger charge is 2.19. The number of aldehydes is 1. The smallest absolute Gasteiger partial charge is 0.122 e. The number of aryl methyl sites for hydroxylation is 1. The van der Waals surface area contributed by atoms with Crippen LogP contribution < -0.4 is 0 Å². The molecule has 0 fully saturated rings. The molecule has 0 aromatic heterocycles. The summed E-state index contributed by atoms with van der Waals surface area (Å²) in [5.74, 6) is 0.217. The lowest BCUT2D eigenvalue weighted by Gasteiger charge is -2.22. The fourth-order valence-corrected chi connectivity index (χ4v) is 3.76. The standard InChI is InChI=1S/C16H16.C9H16O.C7H16O/c1-4-12-10-11-14(6-3)16-13(5-2)8-7-9-15(12)16;1-4-8(2)5-6-9(3)7-10;1-4-6-7(3,8)5-2/h7-9H,1,3,5,10-11H2,2H3;4,7,9H,5-6H2,1-3H3;8H,4-6H2,1-3H3/b;8-4+;. The molecule has 1 aliphatic carbocycles. The Morgan fingerprint density at radius 1 is 1.18 bits per heavy atom. The van der Waals surface area contributed by atoms with Crippen molar-refractivity contribution in [1.29, 1.82) is 0 Å². The summed E-state index contributed by atoms with van der Waals surface area (Å²) in [7, 11) is 0. The van der Waals surface area contributed by atoms with Gasteiger partial charge in [-0.3, -0.25) is 0 Å². The van der Waals surface area contributed by atoms with Crippen molar-refractivity contribution < 1.29 is 9.90 Å². The number of aliphatic hydroxyl groups is 1. The monoisotopic (exact) mass is 464 g/mol. The van der Waals surface area contributed by atoms with Crippen molar-refractivity contribution in [3.8, 4) is 0 Å². The third kappa shape index (κ3) is 11.2. The minimum absolute atomic E-state index is 0.217. The second-order valence-corrected chi connectivity index (χ2v) is 9.39. The van der Waals surface area contributed by atoms with Crippen LogP contribution >= 0.6 is 0 Å². The van der Waals surface area contributed by atoms with Gasteiger partial charge in [0.05, 0.1) is 5.60 Å². The fraction of sp³-hybridized carbons (Fsp3) is 0.531. The molecule has 2 nitrogen and oxygen atoms in total. The summed E-state index contributed by atoms with van der Waals surface area (Å²) in [5.41, 5.74) is 13.5. The maximum atomic E-state index is 10.2. The lowest BCUT2D eigenvalue weighted by molar-refractivity contribution is -0.110. The third-order valence-electron chi connectivity index (χ3n) is 6.48. The topological polar surface area (TPSA) is 37.3 Å². The SMILES string of the molecule is C/C=C(\C)CCC(C)C=O.C=C=C1CCC(=C=C)c2c(CC)cccc21.CCCC(C)(O)CC. The van der Waals surface area contributed by atoms with E-state index in [0.29, 0.717) is 0 Å². The summed E-state index contributed by atoms with van der Waals surface area (Å²) in [6.07, 6.45) is 11.0. The van der Waals surface area contributed by atoms with Gasteiger partial charge in [0, 0.05) is 17.1 Å². The first kappa shape index (κ1) is 31.6. The fourth-order valence-electron chi connectivity index (χ4n) is 3.76. The maximum absolute atomic E-state index is 10.2. The minimum Gasteiger partial charge on any atom is -0.390 e. The van der Waals surface area contributed by atoms with Crippen LogP contribution in [-0.2, 0) is 11.2 Å². The summed E-state index contributed by atoms with van der Waals surface area (Å²) in [5, 5.41) is 9.32. The third-order valence-corrected chi connectivity index (χ3v) is 6.48. The lowest BCUT2D eigenvalue weighted by atomic mass is 9.81. The summed E-state index contributed by atoms with van der Waals surface area (Å²) in [6.45, 7) is 21.8. The highest BCUT2D eigenvalue weighted by atomic mass is 16.3. The van der Waals surface area contributed by atoms with Gasteiger partial charge >= 0.3 is 0 Å². The second-order valence-electron chi connectivity index (χ2n) is 9.39. The van der Waals surface area contributed by atoms with Crippen molar-refractivity contribution in [3.05, 3.63) is 71.2 Å². The number of rotatable bonds is 8. The van der Waals surface area contributed by atoms with Crippen molar-refractivity contribution in [2.75, 3.05) is 0 Å². The molecular weight excluding hydrogens is 416 g/mol. The van der Waals surface area contributed by atoms with Gasteiger partial charge in [0.25, 0.3) is 0 Å². The van der Waals surface area contributed by atoms with E-state index in [0.717, 1.165) is 57.7 Å².